The molecule has 126 valence electrons. The molecule has 1 aliphatic heterocycles. The number of hydrogen-bond donors (Lipinski definition) is 1. The molecule has 0 saturated carbocycles. The maximum atomic E-state index is 14.2. The van der Waals surface area contributed by atoms with E-state index in [2.05, 4.69) is 10.2 Å². The van der Waals surface area contributed by atoms with Gasteiger partial charge in [0, 0.05) is 13.1 Å². The first-order chi connectivity index (χ1) is 11.7. The lowest BCUT2D eigenvalue weighted by atomic mass is 10.2. The maximum absolute atomic E-state index is 14.2. The molecule has 0 aromatic heterocycles. The Hall–Kier alpha value is -2.40. The Kier molecular flexibility index (Phi) is 5.43. The summed E-state index contributed by atoms with van der Waals surface area (Å²) in [6.07, 6.45) is 2.17. The molecule has 3 rings (SSSR count). The van der Waals surface area contributed by atoms with E-state index in [4.69, 9.17) is 4.74 Å². The number of para-hydroxylation sites is 1. The minimum absolute atomic E-state index is 0.108. The molecule has 5 heteroatoms. The van der Waals surface area contributed by atoms with Crippen LogP contribution in [0, 0.1) is 5.82 Å². The van der Waals surface area contributed by atoms with Gasteiger partial charge in [-0.15, -0.1) is 0 Å². The number of nitrogens with one attached hydrogen (secondary N) is 1. The lowest BCUT2D eigenvalue weighted by Gasteiger charge is -2.22. The molecule has 2 aromatic rings. The summed E-state index contributed by atoms with van der Waals surface area (Å²) in [7, 11) is 0. The van der Waals surface area contributed by atoms with Crippen molar-refractivity contribution in [3.05, 3.63) is 59.9 Å². The van der Waals surface area contributed by atoms with E-state index in [0.717, 1.165) is 37.2 Å². The summed E-state index contributed by atoms with van der Waals surface area (Å²) in [6, 6.07) is 14.5. The topological polar surface area (TPSA) is 41.6 Å². The Morgan fingerprint density at radius 2 is 1.83 bits per heavy atom. The molecule has 1 N–H and O–H groups in total. The Labute approximate surface area is 141 Å². The molecule has 0 radical (unpaired) electrons. The largest absolute Gasteiger partial charge is 0.370 e. The van der Waals surface area contributed by atoms with Crippen LogP contribution in [0.4, 0.5) is 15.8 Å². The van der Waals surface area contributed by atoms with Crippen molar-refractivity contribution < 1.29 is 13.9 Å². The highest BCUT2D eigenvalue weighted by Gasteiger charge is 2.19. The second kappa shape index (κ2) is 7.93. The number of amides is 1. The van der Waals surface area contributed by atoms with E-state index in [9.17, 15) is 9.18 Å². The lowest BCUT2D eigenvalue weighted by Crippen LogP contribution is -2.24. The summed E-state index contributed by atoms with van der Waals surface area (Å²) in [4.78, 5) is 14.2. The summed E-state index contributed by atoms with van der Waals surface area (Å²) >= 11 is 0. The van der Waals surface area contributed by atoms with Crippen molar-refractivity contribution in [3.63, 3.8) is 0 Å². The van der Waals surface area contributed by atoms with Gasteiger partial charge in [0.1, 0.15) is 18.1 Å². The van der Waals surface area contributed by atoms with Crippen LogP contribution in [0.15, 0.2) is 48.5 Å². The summed E-state index contributed by atoms with van der Waals surface area (Å²) in [5.74, 6) is -0.771. The van der Waals surface area contributed by atoms with Crippen LogP contribution in [-0.2, 0) is 16.1 Å². The molecule has 1 saturated heterocycles. The molecule has 0 unspecified atom stereocenters. The smallest absolute Gasteiger partial charge is 0.250 e. The predicted molar refractivity (Wildman–Crippen MR) is 92.6 cm³/mol. The fourth-order valence-corrected chi connectivity index (χ4v) is 2.87. The molecule has 4 nitrogen and oxygen atoms in total. The van der Waals surface area contributed by atoms with Gasteiger partial charge in [-0.1, -0.05) is 36.4 Å². The van der Waals surface area contributed by atoms with Crippen molar-refractivity contribution in [2.75, 3.05) is 29.9 Å². The average Bonchev–Trinajstić information content (AvgIpc) is 3.12. The Bertz CT molecular complexity index is 685. The van der Waals surface area contributed by atoms with Gasteiger partial charge in [0.25, 0.3) is 5.91 Å². The van der Waals surface area contributed by atoms with E-state index in [1.165, 1.54) is 6.07 Å². The number of halogens is 1. The zero-order chi connectivity index (χ0) is 16.8. The third kappa shape index (κ3) is 4.11. The Balaban J connectivity index is 1.59. The summed E-state index contributed by atoms with van der Waals surface area (Å²) in [6.45, 7) is 2.01. The molecule has 0 atom stereocenters. The van der Waals surface area contributed by atoms with Crippen LogP contribution in [-0.4, -0.2) is 25.6 Å². The molecule has 2 aromatic carbocycles. The van der Waals surface area contributed by atoms with E-state index < -0.39 is 5.82 Å². The number of rotatable bonds is 6. The highest BCUT2D eigenvalue weighted by molar-refractivity contribution is 5.95. The third-order valence-electron chi connectivity index (χ3n) is 4.05. The fourth-order valence-electron chi connectivity index (χ4n) is 2.87. The second-order valence-electron chi connectivity index (χ2n) is 5.85. The van der Waals surface area contributed by atoms with Crippen molar-refractivity contribution in [1.82, 2.24) is 0 Å². The number of carbonyl (C=O) groups excluding carboxylic acids is 1. The maximum Gasteiger partial charge on any atom is 0.250 e. The summed E-state index contributed by atoms with van der Waals surface area (Å²) in [5, 5.41) is 2.66. The number of ether oxygens (including phenoxy) is 1. The van der Waals surface area contributed by atoms with Gasteiger partial charge in [-0.3, -0.25) is 4.79 Å². The number of carbonyl (C=O) groups is 1. The van der Waals surface area contributed by atoms with Gasteiger partial charge in [-0.05, 0) is 30.5 Å². The molecular weight excluding hydrogens is 307 g/mol. The quantitative estimate of drug-likeness (QED) is 0.881. The normalized spacial score (nSPS) is 14.0. The predicted octanol–water partition coefficient (Wildman–Crippen LogP) is 3.58. The number of benzene rings is 2. The summed E-state index contributed by atoms with van der Waals surface area (Å²) < 4.78 is 19.6. The molecule has 1 heterocycles. The third-order valence-corrected chi connectivity index (χ3v) is 4.05. The molecule has 24 heavy (non-hydrogen) atoms. The van der Waals surface area contributed by atoms with Crippen molar-refractivity contribution in [1.29, 1.82) is 0 Å². The summed E-state index contributed by atoms with van der Waals surface area (Å²) in [5.41, 5.74) is 1.98. The van der Waals surface area contributed by atoms with E-state index >= 15 is 0 Å². The minimum atomic E-state index is -0.421. The number of anilines is 2. The standard InChI is InChI=1S/C19H21FN2O2/c20-16-9-6-10-17(22-11-4-5-12-22)19(16)21-18(23)14-24-13-15-7-2-1-3-8-15/h1-3,6-10H,4-5,11-14H2,(H,21,23). The first-order valence-corrected chi connectivity index (χ1v) is 8.19. The van der Waals surface area contributed by atoms with E-state index in [1.54, 1.807) is 6.07 Å². The highest BCUT2D eigenvalue weighted by atomic mass is 19.1. The zero-order valence-corrected chi connectivity index (χ0v) is 13.5. The van der Waals surface area contributed by atoms with Crippen LogP contribution in [0.3, 0.4) is 0 Å². The van der Waals surface area contributed by atoms with Crippen molar-refractivity contribution >= 4 is 17.3 Å². The van der Waals surface area contributed by atoms with Gasteiger partial charge in [0.05, 0.1) is 12.3 Å². The van der Waals surface area contributed by atoms with Crippen LogP contribution in [0.25, 0.3) is 0 Å². The molecule has 0 aliphatic carbocycles. The molecule has 1 aliphatic rings. The average molecular weight is 328 g/mol. The fraction of sp³-hybridized carbons (Fsp3) is 0.316. The SMILES string of the molecule is O=C(COCc1ccccc1)Nc1c(F)cccc1N1CCCC1. The Morgan fingerprint density at radius 3 is 2.58 bits per heavy atom. The van der Waals surface area contributed by atoms with Gasteiger partial charge < -0.3 is 15.0 Å². The van der Waals surface area contributed by atoms with Crippen LogP contribution in [0.2, 0.25) is 0 Å². The minimum Gasteiger partial charge on any atom is -0.370 e. The van der Waals surface area contributed by atoms with Crippen LogP contribution >= 0.6 is 0 Å². The van der Waals surface area contributed by atoms with Crippen LogP contribution in [0.5, 0.6) is 0 Å². The number of nitrogens with zero attached hydrogens (tertiary/aromatic N) is 1. The molecule has 0 bridgehead atoms. The van der Waals surface area contributed by atoms with Crippen LogP contribution < -0.4 is 10.2 Å². The monoisotopic (exact) mass is 328 g/mol. The molecule has 0 spiro atoms. The zero-order valence-electron chi connectivity index (χ0n) is 13.5. The van der Waals surface area contributed by atoms with Gasteiger partial charge in [0.15, 0.2) is 0 Å². The number of hydrogen-bond acceptors (Lipinski definition) is 3. The second-order valence-corrected chi connectivity index (χ2v) is 5.85. The van der Waals surface area contributed by atoms with Crippen molar-refractivity contribution in [2.45, 2.75) is 19.4 Å². The highest BCUT2D eigenvalue weighted by Crippen LogP contribution is 2.31. The van der Waals surface area contributed by atoms with Gasteiger partial charge in [-0.2, -0.15) is 0 Å². The molecule has 1 amide bonds. The van der Waals surface area contributed by atoms with Crippen molar-refractivity contribution in [2.24, 2.45) is 0 Å². The van der Waals surface area contributed by atoms with Crippen LogP contribution in [0.1, 0.15) is 18.4 Å². The van der Waals surface area contributed by atoms with Gasteiger partial charge in [-0.25, -0.2) is 4.39 Å². The van der Waals surface area contributed by atoms with E-state index in [-0.39, 0.29) is 18.2 Å². The molecule has 1 fully saturated rings. The van der Waals surface area contributed by atoms with Crippen molar-refractivity contribution in [3.8, 4) is 0 Å². The van der Waals surface area contributed by atoms with E-state index in [0.29, 0.717) is 6.61 Å². The van der Waals surface area contributed by atoms with Gasteiger partial charge in [0.2, 0.25) is 0 Å². The Morgan fingerprint density at radius 1 is 1.08 bits per heavy atom. The lowest BCUT2D eigenvalue weighted by molar-refractivity contribution is -0.121. The van der Waals surface area contributed by atoms with E-state index in [1.807, 2.05) is 36.4 Å². The first kappa shape index (κ1) is 16.5. The first-order valence-electron chi connectivity index (χ1n) is 8.19. The molecular formula is C19H21FN2O2. The van der Waals surface area contributed by atoms with Gasteiger partial charge >= 0.3 is 0 Å².